The quantitative estimate of drug-likeness (QED) is 0.351. The van der Waals surface area contributed by atoms with E-state index in [0.717, 1.165) is 0 Å². The van der Waals surface area contributed by atoms with E-state index in [0.29, 0.717) is 17.0 Å². The van der Waals surface area contributed by atoms with Crippen molar-refractivity contribution in [3.8, 4) is 0 Å². The largest absolute Gasteiger partial charge is 0.394 e. The predicted octanol–water partition coefficient (Wildman–Crippen LogP) is -2.19. The molecule has 11 nitrogen and oxygen atoms in total. The number of anilines is 2. The van der Waals surface area contributed by atoms with Crippen LogP contribution in [0.4, 0.5) is 11.8 Å². The van der Waals surface area contributed by atoms with Crippen molar-refractivity contribution in [1.82, 2.24) is 19.5 Å². The van der Waals surface area contributed by atoms with Gasteiger partial charge in [0, 0.05) is 6.54 Å². The van der Waals surface area contributed by atoms with Gasteiger partial charge in [-0.2, -0.15) is 9.97 Å². The fraction of sp³-hybridized carbons (Fsp3) is 0.615. The molecule has 132 valence electrons. The highest BCUT2D eigenvalue weighted by molar-refractivity contribution is 5.84. The number of ether oxygens (including phenoxy) is 1. The number of aliphatic hydroxyl groups excluding tert-OH is 4. The lowest BCUT2D eigenvalue weighted by atomic mass is 10.1. The first-order valence-corrected chi connectivity index (χ1v) is 7.46. The van der Waals surface area contributed by atoms with Gasteiger partial charge in [0.05, 0.1) is 19.0 Å². The number of fused-ring (bicyclic) bond motifs is 1. The van der Waals surface area contributed by atoms with E-state index in [9.17, 15) is 20.4 Å². The lowest BCUT2D eigenvalue weighted by Gasteiger charge is -2.16. The smallest absolute Gasteiger partial charge is 0.224 e. The Morgan fingerprint density at radius 3 is 2.75 bits per heavy atom. The van der Waals surface area contributed by atoms with Gasteiger partial charge in [0.2, 0.25) is 5.95 Å². The van der Waals surface area contributed by atoms with Crippen molar-refractivity contribution in [1.29, 1.82) is 0 Å². The number of imidazole rings is 1. The zero-order valence-corrected chi connectivity index (χ0v) is 12.9. The topological polar surface area (TPSA) is 172 Å². The molecule has 0 spiro atoms. The summed E-state index contributed by atoms with van der Waals surface area (Å²) in [6.45, 7) is 1.43. The number of hydrogen-bond donors (Lipinski definition) is 6. The second-order valence-corrected chi connectivity index (χ2v) is 5.71. The molecule has 5 atom stereocenters. The number of aliphatic hydroxyl groups is 4. The summed E-state index contributed by atoms with van der Waals surface area (Å²) >= 11 is 0. The van der Waals surface area contributed by atoms with E-state index in [1.807, 2.05) is 0 Å². The second kappa shape index (κ2) is 6.45. The lowest BCUT2D eigenvalue weighted by molar-refractivity contribution is -0.0511. The van der Waals surface area contributed by atoms with Gasteiger partial charge in [-0.05, 0) is 6.92 Å². The van der Waals surface area contributed by atoms with Crippen LogP contribution in [0.3, 0.4) is 0 Å². The summed E-state index contributed by atoms with van der Waals surface area (Å²) in [6.07, 6.45) is -3.59. The van der Waals surface area contributed by atoms with E-state index in [1.54, 1.807) is 6.92 Å². The molecule has 11 heteroatoms. The molecule has 2 aromatic rings. The molecule has 3 rings (SSSR count). The van der Waals surface area contributed by atoms with Crippen LogP contribution in [0, 0.1) is 0 Å². The summed E-state index contributed by atoms with van der Waals surface area (Å²) in [5, 5.41) is 41.5. The molecule has 3 heterocycles. The van der Waals surface area contributed by atoms with Gasteiger partial charge in [0.15, 0.2) is 23.2 Å². The molecule has 24 heavy (non-hydrogen) atoms. The van der Waals surface area contributed by atoms with Gasteiger partial charge in [0.1, 0.15) is 18.3 Å². The maximum Gasteiger partial charge on any atom is 0.224 e. The van der Waals surface area contributed by atoms with Crippen LogP contribution in [0.2, 0.25) is 0 Å². The molecule has 7 N–H and O–H groups in total. The number of hydrogen-bond acceptors (Lipinski definition) is 10. The van der Waals surface area contributed by atoms with Crippen LogP contribution >= 0.6 is 0 Å². The van der Waals surface area contributed by atoms with Crippen molar-refractivity contribution in [2.24, 2.45) is 0 Å². The highest BCUT2D eigenvalue weighted by atomic mass is 16.6. The maximum atomic E-state index is 10.1. The van der Waals surface area contributed by atoms with Crippen molar-refractivity contribution in [3.05, 3.63) is 6.33 Å². The minimum atomic E-state index is -1.26. The van der Waals surface area contributed by atoms with E-state index in [1.165, 1.54) is 10.9 Å². The van der Waals surface area contributed by atoms with E-state index in [2.05, 4.69) is 20.3 Å². The minimum Gasteiger partial charge on any atom is -0.394 e. The number of nitrogens with one attached hydrogen (secondary N) is 1. The Hall–Kier alpha value is -2.05. The Bertz CT molecular complexity index is 722. The van der Waals surface area contributed by atoms with Crippen LogP contribution in [-0.2, 0) is 4.74 Å². The van der Waals surface area contributed by atoms with E-state index >= 15 is 0 Å². The molecule has 0 aliphatic carbocycles. The fourth-order valence-corrected chi connectivity index (χ4v) is 2.60. The SMILES string of the molecule is CC(O)CNc1nc(N)nc2c1ncn2C1O[C@H](CO)[C@@H](O)[C@H]1O. The molecular weight excluding hydrogens is 320 g/mol. The molecular formula is C13H20N6O5. The third-order valence-corrected chi connectivity index (χ3v) is 3.79. The fourth-order valence-electron chi connectivity index (χ4n) is 2.60. The highest BCUT2D eigenvalue weighted by Crippen LogP contribution is 2.32. The summed E-state index contributed by atoms with van der Waals surface area (Å²) in [7, 11) is 0. The maximum absolute atomic E-state index is 10.1. The van der Waals surface area contributed by atoms with Crippen molar-refractivity contribution >= 4 is 22.9 Å². The Morgan fingerprint density at radius 2 is 2.12 bits per heavy atom. The van der Waals surface area contributed by atoms with Gasteiger partial charge in [-0.3, -0.25) is 4.57 Å². The summed E-state index contributed by atoms with van der Waals surface area (Å²) in [4.78, 5) is 12.4. The van der Waals surface area contributed by atoms with Gasteiger partial charge < -0.3 is 36.2 Å². The van der Waals surface area contributed by atoms with Crippen LogP contribution in [0.25, 0.3) is 11.2 Å². The molecule has 0 saturated carbocycles. The number of nitrogen functional groups attached to an aromatic ring is 1. The van der Waals surface area contributed by atoms with E-state index in [4.69, 9.17) is 10.5 Å². The molecule has 1 aliphatic rings. The normalized spacial score (nSPS) is 28.4. The molecule has 1 fully saturated rings. The zero-order chi connectivity index (χ0) is 17.4. The molecule has 1 aliphatic heterocycles. The van der Waals surface area contributed by atoms with Crippen LogP contribution in [0.5, 0.6) is 0 Å². The van der Waals surface area contributed by atoms with E-state index in [-0.39, 0.29) is 12.5 Å². The Balaban J connectivity index is 1.98. The highest BCUT2D eigenvalue weighted by Gasteiger charge is 2.44. The summed E-state index contributed by atoms with van der Waals surface area (Å²) < 4.78 is 6.90. The van der Waals surface area contributed by atoms with Crippen molar-refractivity contribution in [2.45, 2.75) is 37.6 Å². The Kier molecular flexibility index (Phi) is 4.51. The summed E-state index contributed by atoms with van der Waals surface area (Å²) in [5.74, 6) is 0.313. The van der Waals surface area contributed by atoms with Crippen molar-refractivity contribution < 1.29 is 25.2 Å². The van der Waals surface area contributed by atoms with Crippen LogP contribution < -0.4 is 11.1 Å². The second-order valence-electron chi connectivity index (χ2n) is 5.71. The van der Waals surface area contributed by atoms with Gasteiger partial charge in [-0.15, -0.1) is 0 Å². The molecule has 0 bridgehead atoms. The predicted molar refractivity (Wildman–Crippen MR) is 82.9 cm³/mol. The van der Waals surface area contributed by atoms with Gasteiger partial charge in [-0.25, -0.2) is 4.98 Å². The molecule has 1 saturated heterocycles. The molecule has 2 unspecified atom stereocenters. The van der Waals surface area contributed by atoms with Gasteiger partial charge >= 0.3 is 0 Å². The molecule has 2 aromatic heterocycles. The monoisotopic (exact) mass is 340 g/mol. The standard InChI is InChI=1S/C13H20N6O5/c1-5(21)2-15-10-7-11(18-13(14)17-10)19(4-16-7)12-9(23)8(22)6(3-20)24-12/h4-6,8-9,12,20-23H,2-3H2,1H3,(H3,14,15,17,18)/t5?,6-,8-,9-,12?/m1/s1. The average molecular weight is 340 g/mol. The first-order valence-electron chi connectivity index (χ1n) is 7.46. The average Bonchev–Trinajstić information content (AvgIpc) is 3.07. The van der Waals surface area contributed by atoms with Crippen LogP contribution in [0.15, 0.2) is 6.33 Å². The van der Waals surface area contributed by atoms with Crippen LogP contribution in [-0.4, -0.2) is 77.5 Å². The first-order chi connectivity index (χ1) is 11.4. The minimum absolute atomic E-state index is 0.0240. The summed E-state index contributed by atoms with van der Waals surface area (Å²) in [6, 6.07) is 0. The van der Waals surface area contributed by atoms with Crippen molar-refractivity contribution in [2.75, 3.05) is 24.2 Å². The first kappa shape index (κ1) is 16.8. The lowest BCUT2D eigenvalue weighted by Crippen LogP contribution is -2.33. The third kappa shape index (κ3) is 2.87. The van der Waals surface area contributed by atoms with Crippen LogP contribution in [0.1, 0.15) is 13.2 Å². The third-order valence-electron chi connectivity index (χ3n) is 3.79. The molecule has 0 aromatic carbocycles. The van der Waals surface area contributed by atoms with Gasteiger partial charge in [-0.1, -0.05) is 0 Å². The number of aromatic nitrogens is 4. The zero-order valence-electron chi connectivity index (χ0n) is 12.9. The Labute approximate surface area is 136 Å². The number of rotatable bonds is 5. The van der Waals surface area contributed by atoms with Crippen molar-refractivity contribution in [3.63, 3.8) is 0 Å². The van der Waals surface area contributed by atoms with E-state index < -0.39 is 37.3 Å². The Morgan fingerprint density at radius 1 is 1.38 bits per heavy atom. The number of nitrogens with two attached hydrogens (primary N) is 1. The van der Waals surface area contributed by atoms with Gasteiger partial charge in [0.25, 0.3) is 0 Å². The number of nitrogens with zero attached hydrogens (tertiary/aromatic N) is 4. The summed E-state index contributed by atoms with van der Waals surface area (Å²) in [5.41, 5.74) is 6.39. The molecule has 0 amide bonds. The molecule has 0 radical (unpaired) electrons.